The first-order valence-corrected chi connectivity index (χ1v) is 7.70. The van der Waals surface area contributed by atoms with Crippen molar-refractivity contribution in [3.63, 3.8) is 0 Å². The molecule has 1 fully saturated rings. The van der Waals surface area contributed by atoms with E-state index < -0.39 is 5.97 Å². The Morgan fingerprint density at radius 2 is 2.14 bits per heavy atom. The van der Waals surface area contributed by atoms with Gasteiger partial charge in [0.05, 0.1) is 0 Å². The van der Waals surface area contributed by atoms with Gasteiger partial charge in [0.2, 0.25) is 0 Å². The maximum absolute atomic E-state index is 12.8. The van der Waals surface area contributed by atoms with Crippen molar-refractivity contribution in [3.8, 4) is 0 Å². The van der Waals surface area contributed by atoms with E-state index in [4.69, 9.17) is 5.11 Å². The molecule has 6 nitrogen and oxygen atoms in total. The van der Waals surface area contributed by atoms with Crippen LogP contribution in [0.2, 0.25) is 0 Å². The highest BCUT2D eigenvalue weighted by Gasteiger charge is 2.29. The van der Waals surface area contributed by atoms with Gasteiger partial charge in [-0.1, -0.05) is 13.3 Å². The van der Waals surface area contributed by atoms with E-state index in [2.05, 4.69) is 12.0 Å². The monoisotopic (exact) mass is 293 g/mol. The lowest BCUT2D eigenvalue weighted by atomic mass is 9.98. The molecule has 1 aromatic heterocycles. The van der Waals surface area contributed by atoms with E-state index in [1.54, 1.807) is 0 Å². The minimum absolute atomic E-state index is 0.0655. The van der Waals surface area contributed by atoms with Gasteiger partial charge >= 0.3 is 5.97 Å². The molecular weight excluding hydrogens is 270 g/mol. The maximum Gasteiger partial charge on any atom is 0.356 e. The number of hydrogen-bond acceptors (Lipinski definition) is 3. The zero-order valence-corrected chi connectivity index (χ0v) is 12.7. The van der Waals surface area contributed by atoms with Crippen molar-refractivity contribution < 1.29 is 14.7 Å². The van der Waals surface area contributed by atoms with Crippen LogP contribution in [-0.2, 0) is 6.54 Å². The molecule has 0 radical (unpaired) electrons. The smallest absolute Gasteiger partial charge is 0.356 e. The van der Waals surface area contributed by atoms with E-state index in [-0.39, 0.29) is 17.6 Å². The summed E-state index contributed by atoms with van der Waals surface area (Å²) < 4.78 is 1.49. The third-order valence-corrected chi connectivity index (χ3v) is 4.03. The van der Waals surface area contributed by atoms with Crippen molar-refractivity contribution >= 4 is 11.9 Å². The quantitative estimate of drug-likeness (QED) is 0.904. The Morgan fingerprint density at radius 1 is 1.38 bits per heavy atom. The third-order valence-electron chi connectivity index (χ3n) is 4.03. The third kappa shape index (κ3) is 3.25. The average molecular weight is 293 g/mol. The predicted molar refractivity (Wildman–Crippen MR) is 78.4 cm³/mol. The summed E-state index contributed by atoms with van der Waals surface area (Å²) in [7, 11) is 0. The highest BCUT2D eigenvalue weighted by Crippen LogP contribution is 2.23. The fourth-order valence-electron chi connectivity index (χ4n) is 2.98. The molecule has 21 heavy (non-hydrogen) atoms. The number of carbonyl (C=O) groups is 2. The Kier molecular flexibility index (Phi) is 4.98. The zero-order chi connectivity index (χ0) is 15.4. The van der Waals surface area contributed by atoms with Gasteiger partial charge in [0.15, 0.2) is 5.69 Å². The second-order valence-electron chi connectivity index (χ2n) is 5.47. The van der Waals surface area contributed by atoms with Crippen LogP contribution in [0.4, 0.5) is 0 Å². The topological polar surface area (TPSA) is 75.4 Å². The van der Waals surface area contributed by atoms with Crippen LogP contribution in [0.3, 0.4) is 0 Å². The number of amides is 1. The molecular formula is C15H23N3O3. The number of likely N-dealkylation sites (tertiary alicyclic amines) is 1. The fourth-order valence-corrected chi connectivity index (χ4v) is 2.98. The molecule has 2 rings (SSSR count). The normalized spacial score (nSPS) is 18.8. The second kappa shape index (κ2) is 6.74. The van der Waals surface area contributed by atoms with Gasteiger partial charge in [0.25, 0.3) is 5.91 Å². The molecule has 0 aliphatic carbocycles. The van der Waals surface area contributed by atoms with Gasteiger partial charge in [-0.15, -0.1) is 0 Å². The molecule has 116 valence electrons. The van der Waals surface area contributed by atoms with Crippen LogP contribution >= 0.6 is 0 Å². The second-order valence-corrected chi connectivity index (χ2v) is 5.47. The summed E-state index contributed by atoms with van der Waals surface area (Å²) in [5.74, 6) is -1.19. The van der Waals surface area contributed by atoms with Crippen LogP contribution in [0, 0.1) is 0 Å². The first kappa shape index (κ1) is 15.5. The number of nitrogens with zero attached hydrogens (tertiary/aromatic N) is 3. The first-order chi connectivity index (χ1) is 10.1. The average Bonchev–Trinajstić information content (AvgIpc) is 2.92. The summed E-state index contributed by atoms with van der Waals surface area (Å²) in [6.45, 7) is 5.21. The number of carboxylic acids is 1. The molecule has 0 bridgehead atoms. The molecule has 2 heterocycles. The van der Waals surface area contributed by atoms with Gasteiger partial charge in [-0.05, 0) is 32.6 Å². The van der Waals surface area contributed by atoms with Gasteiger partial charge in [-0.3, -0.25) is 9.48 Å². The van der Waals surface area contributed by atoms with Crippen LogP contribution in [0.5, 0.6) is 0 Å². The van der Waals surface area contributed by atoms with Crippen molar-refractivity contribution in [2.24, 2.45) is 0 Å². The number of aryl methyl sites for hydroxylation is 1. The van der Waals surface area contributed by atoms with Crippen LogP contribution in [0.15, 0.2) is 6.07 Å². The van der Waals surface area contributed by atoms with Crippen LogP contribution in [-0.4, -0.2) is 44.3 Å². The zero-order valence-electron chi connectivity index (χ0n) is 12.7. The summed E-state index contributed by atoms with van der Waals surface area (Å²) in [6.07, 6.45) is 5.24. The van der Waals surface area contributed by atoms with Crippen molar-refractivity contribution in [2.45, 2.75) is 58.5 Å². The van der Waals surface area contributed by atoms with E-state index in [9.17, 15) is 9.59 Å². The Bertz CT molecular complexity index is 522. The number of piperidine rings is 1. The Hall–Kier alpha value is -1.85. The molecule has 1 saturated heterocycles. The number of aromatic nitrogens is 2. The molecule has 0 spiro atoms. The molecule has 1 atom stereocenters. The lowest BCUT2D eigenvalue weighted by Gasteiger charge is -2.35. The molecule has 1 aliphatic heterocycles. The number of rotatable bonds is 5. The molecule has 0 saturated carbocycles. The van der Waals surface area contributed by atoms with E-state index in [1.807, 2.05) is 11.8 Å². The van der Waals surface area contributed by atoms with Crippen LogP contribution in [0.25, 0.3) is 0 Å². The highest BCUT2D eigenvalue weighted by molar-refractivity contribution is 5.96. The SMILES string of the molecule is CCCC1CCCCN1C(=O)c1cc(C(=O)O)nn1CC. The molecule has 1 aliphatic rings. The minimum Gasteiger partial charge on any atom is -0.476 e. The summed E-state index contributed by atoms with van der Waals surface area (Å²) in [6, 6.07) is 1.66. The van der Waals surface area contributed by atoms with Crippen molar-refractivity contribution in [1.82, 2.24) is 14.7 Å². The predicted octanol–water partition coefficient (Wildman–Crippen LogP) is 2.40. The van der Waals surface area contributed by atoms with E-state index in [0.717, 1.165) is 38.6 Å². The summed E-state index contributed by atoms with van der Waals surface area (Å²) in [5.41, 5.74) is 0.321. The van der Waals surface area contributed by atoms with Gasteiger partial charge in [-0.2, -0.15) is 5.10 Å². The molecule has 6 heteroatoms. The molecule has 1 amide bonds. The van der Waals surface area contributed by atoms with Gasteiger partial charge in [0, 0.05) is 25.2 Å². The van der Waals surface area contributed by atoms with E-state index in [0.29, 0.717) is 12.2 Å². The molecule has 1 aromatic rings. The standard InChI is InChI=1S/C15H23N3O3/c1-3-7-11-8-5-6-9-17(11)14(19)13-10-12(15(20)21)16-18(13)4-2/h10-11H,3-9H2,1-2H3,(H,20,21). The lowest BCUT2D eigenvalue weighted by molar-refractivity contribution is 0.0587. The first-order valence-electron chi connectivity index (χ1n) is 7.70. The maximum atomic E-state index is 12.8. The van der Waals surface area contributed by atoms with Crippen molar-refractivity contribution in [3.05, 3.63) is 17.5 Å². The van der Waals surface area contributed by atoms with Gasteiger partial charge in [-0.25, -0.2) is 4.79 Å². The van der Waals surface area contributed by atoms with Gasteiger partial charge < -0.3 is 10.0 Å². The summed E-state index contributed by atoms with van der Waals surface area (Å²) in [5, 5.41) is 13.0. The number of carbonyl (C=O) groups excluding carboxylic acids is 1. The molecule has 1 N–H and O–H groups in total. The molecule has 1 unspecified atom stereocenters. The highest BCUT2D eigenvalue weighted by atomic mass is 16.4. The van der Waals surface area contributed by atoms with Crippen molar-refractivity contribution in [2.75, 3.05) is 6.54 Å². The number of hydrogen-bond donors (Lipinski definition) is 1. The van der Waals surface area contributed by atoms with Gasteiger partial charge in [0.1, 0.15) is 5.69 Å². The van der Waals surface area contributed by atoms with Crippen LogP contribution in [0.1, 0.15) is 66.9 Å². The summed E-state index contributed by atoms with van der Waals surface area (Å²) in [4.78, 5) is 25.7. The van der Waals surface area contributed by atoms with E-state index in [1.165, 1.54) is 10.7 Å². The Balaban J connectivity index is 2.27. The minimum atomic E-state index is -1.10. The van der Waals surface area contributed by atoms with Crippen LogP contribution < -0.4 is 0 Å². The van der Waals surface area contributed by atoms with Crippen molar-refractivity contribution in [1.29, 1.82) is 0 Å². The number of carboxylic acid groups (broad SMARTS) is 1. The Labute approximate surface area is 124 Å². The van der Waals surface area contributed by atoms with E-state index >= 15 is 0 Å². The Morgan fingerprint density at radius 3 is 2.76 bits per heavy atom. The summed E-state index contributed by atoms with van der Waals surface area (Å²) >= 11 is 0. The largest absolute Gasteiger partial charge is 0.476 e. The fraction of sp³-hybridized carbons (Fsp3) is 0.667. The molecule has 0 aromatic carbocycles. The number of aromatic carboxylic acids is 1. The lowest BCUT2D eigenvalue weighted by Crippen LogP contribution is -2.44.